The number of likely N-dealkylation sites (tertiary alicyclic amines) is 1. The van der Waals surface area contributed by atoms with E-state index < -0.39 is 6.04 Å². The molecule has 2 rings (SSSR count). The van der Waals surface area contributed by atoms with Gasteiger partial charge in [-0.25, -0.2) is 0 Å². The summed E-state index contributed by atoms with van der Waals surface area (Å²) >= 11 is 6.11. The van der Waals surface area contributed by atoms with Gasteiger partial charge in [-0.05, 0) is 38.0 Å². The molecule has 0 bridgehead atoms. The Kier molecular flexibility index (Phi) is 4.33. The van der Waals surface area contributed by atoms with Crippen LogP contribution in [0.4, 0.5) is 5.69 Å². The normalized spacial score (nSPS) is 20.4. The van der Waals surface area contributed by atoms with Crippen molar-refractivity contribution in [3.05, 3.63) is 28.8 Å². The maximum atomic E-state index is 12.3. The Hall–Kier alpha value is -1.55. The lowest BCUT2D eigenvalue weighted by molar-refractivity contribution is -0.140. The molecule has 4 nitrogen and oxygen atoms in total. The Morgan fingerprint density at radius 3 is 2.80 bits per heavy atom. The van der Waals surface area contributed by atoms with Gasteiger partial charge in [-0.1, -0.05) is 24.6 Å². The molecule has 1 aliphatic heterocycles. The van der Waals surface area contributed by atoms with Gasteiger partial charge in [0.05, 0.1) is 17.1 Å². The molecule has 1 aliphatic rings. The Balaban J connectivity index is 2.17. The first kappa shape index (κ1) is 14.9. The fraction of sp³-hybridized carbons (Fsp3) is 0.467. The summed E-state index contributed by atoms with van der Waals surface area (Å²) in [5, 5.41) is 3.65. The van der Waals surface area contributed by atoms with E-state index in [4.69, 9.17) is 11.6 Å². The summed E-state index contributed by atoms with van der Waals surface area (Å²) in [6.45, 7) is 5.80. The SMILES string of the molecule is CCC(C)N1C(=O)CC(Nc2cc(C)ccc2Cl)C1=O. The van der Waals surface area contributed by atoms with Gasteiger partial charge in [0.2, 0.25) is 5.91 Å². The zero-order chi connectivity index (χ0) is 14.9. The van der Waals surface area contributed by atoms with Crippen LogP contribution in [0.1, 0.15) is 32.3 Å². The number of aryl methyl sites for hydroxylation is 1. The summed E-state index contributed by atoms with van der Waals surface area (Å²) in [7, 11) is 0. The van der Waals surface area contributed by atoms with Crippen LogP contribution in [-0.4, -0.2) is 28.8 Å². The number of nitrogens with one attached hydrogen (secondary N) is 1. The molecule has 0 spiro atoms. The predicted octanol–water partition coefficient (Wildman–Crippen LogP) is 2.99. The number of hydrogen-bond acceptors (Lipinski definition) is 3. The van der Waals surface area contributed by atoms with Crippen molar-refractivity contribution >= 4 is 29.1 Å². The van der Waals surface area contributed by atoms with Crippen molar-refractivity contribution in [2.24, 2.45) is 0 Å². The van der Waals surface area contributed by atoms with Gasteiger partial charge in [0.15, 0.2) is 0 Å². The van der Waals surface area contributed by atoms with E-state index in [1.807, 2.05) is 32.9 Å². The number of carbonyl (C=O) groups is 2. The Morgan fingerprint density at radius 2 is 2.15 bits per heavy atom. The molecule has 1 heterocycles. The first-order valence-electron chi connectivity index (χ1n) is 6.82. The van der Waals surface area contributed by atoms with Gasteiger partial charge in [0.25, 0.3) is 5.91 Å². The number of carbonyl (C=O) groups excluding carboxylic acids is 2. The molecule has 0 saturated carbocycles. The number of halogens is 1. The summed E-state index contributed by atoms with van der Waals surface area (Å²) in [5.74, 6) is -0.285. The third-order valence-corrected chi connectivity index (χ3v) is 4.00. The minimum atomic E-state index is -0.518. The van der Waals surface area contributed by atoms with Crippen molar-refractivity contribution in [1.29, 1.82) is 0 Å². The van der Waals surface area contributed by atoms with Crippen LogP contribution in [0, 0.1) is 6.92 Å². The first-order chi connectivity index (χ1) is 9.43. The molecule has 0 radical (unpaired) electrons. The van der Waals surface area contributed by atoms with Crippen molar-refractivity contribution in [2.45, 2.75) is 45.7 Å². The predicted molar refractivity (Wildman–Crippen MR) is 79.8 cm³/mol. The molecule has 2 atom stereocenters. The molecule has 1 N–H and O–H groups in total. The van der Waals surface area contributed by atoms with E-state index in [-0.39, 0.29) is 24.3 Å². The van der Waals surface area contributed by atoms with Gasteiger partial charge in [0, 0.05) is 6.04 Å². The first-order valence-corrected chi connectivity index (χ1v) is 7.20. The minimum Gasteiger partial charge on any atom is -0.372 e. The third-order valence-electron chi connectivity index (χ3n) is 3.67. The van der Waals surface area contributed by atoms with Crippen LogP contribution in [0.25, 0.3) is 0 Å². The highest BCUT2D eigenvalue weighted by molar-refractivity contribution is 6.33. The maximum Gasteiger partial charge on any atom is 0.252 e. The Bertz CT molecular complexity index is 545. The van der Waals surface area contributed by atoms with Crippen LogP contribution < -0.4 is 5.32 Å². The number of anilines is 1. The maximum absolute atomic E-state index is 12.3. The fourth-order valence-corrected chi connectivity index (χ4v) is 2.52. The average Bonchev–Trinajstić information content (AvgIpc) is 2.68. The molecular weight excluding hydrogens is 276 g/mol. The topological polar surface area (TPSA) is 49.4 Å². The van der Waals surface area contributed by atoms with E-state index in [9.17, 15) is 9.59 Å². The fourth-order valence-electron chi connectivity index (χ4n) is 2.35. The quantitative estimate of drug-likeness (QED) is 0.869. The molecule has 108 valence electrons. The van der Waals surface area contributed by atoms with Crippen LogP contribution in [-0.2, 0) is 9.59 Å². The largest absolute Gasteiger partial charge is 0.372 e. The second kappa shape index (κ2) is 5.83. The van der Waals surface area contributed by atoms with E-state index in [1.165, 1.54) is 4.90 Å². The smallest absolute Gasteiger partial charge is 0.252 e. The van der Waals surface area contributed by atoms with Gasteiger partial charge >= 0.3 is 0 Å². The molecule has 0 aliphatic carbocycles. The molecule has 20 heavy (non-hydrogen) atoms. The van der Waals surface area contributed by atoms with Crippen molar-refractivity contribution in [3.63, 3.8) is 0 Å². The summed E-state index contributed by atoms with van der Waals surface area (Å²) in [6.07, 6.45) is 0.947. The summed E-state index contributed by atoms with van der Waals surface area (Å²) in [6, 6.07) is 4.99. The van der Waals surface area contributed by atoms with Gasteiger partial charge in [0.1, 0.15) is 6.04 Å². The van der Waals surface area contributed by atoms with E-state index in [0.29, 0.717) is 10.7 Å². The number of imide groups is 1. The van der Waals surface area contributed by atoms with Crippen LogP contribution >= 0.6 is 11.6 Å². The number of amides is 2. The molecule has 0 aromatic heterocycles. The summed E-state index contributed by atoms with van der Waals surface area (Å²) in [4.78, 5) is 25.6. The van der Waals surface area contributed by atoms with Crippen molar-refractivity contribution in [3.8, 4) is 0 Å². The average molecular weight is 295 g/mol. The third kappa shape index (κ3) is 2.80. The second-order valence-corrected chi connectivity index (χ2v) is 5.65. The van der Waals surface area contributed by atoms with Gasteiger partial charge in [-0.3, -0.25) is 14.5 Å². The van der Waals surface area contributed by atoms with E-state index >= 15 is 0 Å². The molecule has 2 amide bonds. The number of hydrogen-bond donors (Lipinski definition) is 1. The number of nitrogens with zero attached hydrogens (tertiary/aromatic N) is 1. The van der Waals surface area contributed by atoms with E-state index in [1.54, 1.807) is 6.07 Å². The van der Waals surface area contributed by atoms with Gasteiger partial charge in [-0.2, -0.15) is 0 Å². The summed E-state index contributed by atoms with van der Waals surface area (Å²) in [5.41, 5.74) is 1.75. The van der Waals surface area contributed by atoms with Gasteiger partial charge in [-0.15, -0.1) is 0 Å². The summed E-state index contributed by atoms with van der Waals surface area (Å²) < 4.78 is 0. The minimum absolute atomic E-state index is 0.0604. The Morgan fingerprint density at radius 1 is 1.45 bits per heavy atom. The van der Waals surface area contributed by atoms with Gasteiger partial charge < -0.3 is 5.32 Å². The molecule has 5 heteroatoms. The Labute approximate surface area is 124 Å². The van der Waals surface area contributed by atoms with E-state index in [2.05, 4.69) is 5.32 Å². The molecular formula is C15H19ClN2O2. The lowest BCUT2D eigenvalue weighted by Crippen LogP contribution is -2.40. The monoisotopic (exact) mass is 294 g/mol. The highest BCUT2D eigenvalue weighted by Crippen LogP contribution is 2.27. The lowest BCUT2D eigenvalue weighted by Gasteiger charge is -2.22. The standard InChI is InChI=1S/C15H19ClN2O2/c1-4-10(3)18-14(19)8-13(15(18)20)17-12-7-9(2)5-6-11(12)16/h5-7,10,13,17H,4,8H2,1-3H3. The number of rotatable bonds is 4. The van der Waals surface area contributed by atoms with Crippen LogP contribution in [0.2, 0.25) is 5.02 Å². The number of benzene rings is 1. The molecule has 1 saturated heterocycles. The van der Waals surface area contributed by atoms with Crippen molar-refractivity contribution in [2.75, 3.05) is 5.32 Å². The highest BCUT2D eigenvalue weighted by Gasteiger charge is 2.40. The second-order valence-electron chi connectivity index (χ2n) is 5.24. The molecule has 1 aromatic carbocycles. The van der Waals surface area contributed by atoms with Crippen LogP contribution in [0.5, 0.6) is 0 Å². The van der Waals surface area contributed by atoms with Crippen LogP contribution in [0.3, 0.4) is 0 Å². The highest BCUT2D eigenvalue weighted by atomic mass is 35.5. The van der Waals surface area contributed by atoms with Crippen molar-refractivity contribution < 1.29 is 9.59 Å². The molecule has 1 fully saturated rings. The molecule has 1 aromatic rings. The zero-order valence-electron chi connectivity index (χ0n) is 11.9. The zero-order valence-corrected chi connectivity index (χ0v) is 12.7. The molecule has 2 unspecified atom stereocenters. The van der Waals surface area contributed by atoms with Crippen LogP contribution in [0.15, 0.2) is 18.2 Å². The van der Waals surface area contributed by atoms with Crippen molar-refractivity contribution in [1.82, 2.24) is 4.90 Å². The lowest BCUT2D eigenvalue weighted by atomic mass is 10.2. The van der Waals surface area contributed by atoms with E-state index in [0.717, 1.165) is 12.0 Å².